The Labute approximate surface area is 194 Å². The zero-order valence-corrected chi connectivity index (χ0v) is 18.7. The molecule has 3 aliphatic rings. The van der Waals surface area contributed by atoms with Gasteiger partial charge >= 0.3 is 0 Å². The number of rotatable bonds is 3. The Morgan fingerprint density at radius 1 is 0.818 bits per heavy atom. The molecule has 5 rings (SSSR count). The summed E-state index contributed by atoms with van der Waals surface area (Å²) in [5.74, 6) is -0.575. The molecule has 7 nitrogen and oxygen atoms in total. The Kier molecular flexibility index (Phi) is 8.75. The first kappa shape index (κ1) is 24.2. The number of benzene rings is 2. The summed E-state index contributed by atoms with van der Waals surface area (Å²) >= 11 is 0. The average Bonchev–Trinajstić information content (AvgIpc) is 3.11. The van der Waals surface area contributed by atoms with E-state index in [9.17, 15) is 14.4 Å². The van der Waals surface area contributed by atoms with Crippen LogP contribution in [0.25, 0.3) is 0 Å². The van der Waals surface area contributed by atoms with E-state index < -0.39 is 0 Å². The lowest BCUT2D eigenvalue weighted by Gasteiger charge is -2.36. The minimum atomic E-state index is -0.297. The topological polar surface area (TPSA) is 95.0 Å². The monoisotopic (exact) mass is 450 g/mol. The zero-order chi connectivity index (χ0) is 23.6. The third kappa shape index (κ3) is 5.66. The highest BCUT2D eigenvalue weighted by molar-refractivity contribution is 6.21. The van der Waals surface area contributed by atoms with Crippen LogP contribution in [0.4, 0.5) is 0 Å². The molecule has 2 aromatic rings. The van der Waals surface area contributed by atoms with E-state index in [2.05, 4.69) is 0 Å². The largest absolute Gasteiger partial charge is 0.483 e. The lowest BCUT2D eigenvalue weighted by molar-refractivity contribution is -0.123. The van der Waals surface area contributed by atoms with E-state index in [1.54, 1.807) is 29.2 Å². The normalized spacial score (nSPS) is 18.7. The third-order valence-electron chi connectivity index (χ3n) is 6.32. The van der Waals surface area contributed by atoms with Crippen LogP contribution in [-0.4, -0.2) is 52.7 Å². The van der Waals surface area contributed by atoms with Gasteiger partial charge in [0, 0.05) is 6.54 Å². The van der Waals surface area contributed by atoms with Crippen LogP contribution in [0.5, 0.6) is 0 Å². The molecule has 33 heavy (non-hydrogen) atoms. The second kappa shape index (κ2) is 11.9. The maximum Gasteiger partial charge on any atom is 0.290 e. The van der Waals surface area contributed by atoms with E-state index >= 15 is 0 Å². The van der Waals surface area contributed by atoms with Gasteiger partial charge in [-0.05, 0) is 29.7 Å². The quantitative estimate of drug-likeness (QED) is 0.562. The molecule has 0 saturated heterocycles. The van der Waals surface area contributed by atoms with Crippen molar-refractivity contribution < 1.29 is 24.3 Å². The van der Waals surface area contributed by atoms with Crippen molar-refractivity contribution in [2.75, 3.05) is 13.1 Å². The second-order valence-electron chi connectivity index (χ2n) is 8.30. The highest BCUT2D eigenvalue weighted by Gasteiger charge is 2.38. The number of imide groups is 1. The van der Waals surface area contributed by atoms with Crippen molar-refractivity contribution in [2.45, 2.75) is 51.0 Å². The fourth-order valence-electron chi connectivity index (χ4n) is 4.64. The smallest absolute Gasteiger partial charge is 0.290 e. The van der Waals surface area contributed by atoms with Crippen LogP contribution in [0, 0.1) is 0 Å². The SMILES string of the molecule is C1CCCCC1.O=CN1CCc2ccccc2C1CN1C(=O)c2ccccc2C1=O.O=CO. The molecular weight excluding hydrogens is 420 g/mol. The van der Waals surface area contributed by atoms with Gasteiger partial charge in [-0.3, -0.25) is 24.1 Å². The number of nitrogens with zero attached hydrogens (tertiary/aromatic N) is 2. The molecule has 1 unspecified atom stereocenters. The van der Waals surface area contributed by atoms with Crippen LogP contribution in [-0.2, 0) is 16.0 Å². The number of fused-ring (bicyclic) bond motifs is 2. The summed E-state index contributed by atoms with van der Waals surface area (Å²) in [5.41, 5.74) is 3.04. The van der Waals surface area contributed by atoms with E-state index in [1.807, 2.05) is 24.3 Å². The molecule has 0 aromatic heterocycles. The first-order valence-electron chi connectivity index (χ1n) is 11.4. The van der Waals surface area contributed by atoms with Crippen LogP contribution in [0.15, 0.2) is 48.5 Å². The Hall–Kier alpha value is -3.48. The Morgan fingerprint density at radius 2 is 1.30 bits per heavy atom. The molecule has 0 spiro atoms. The molecule has 2 heterocycles. The van der Waals surface area contributed by atoms with E-state index in [0.717, 1.165) is 24.0 Å². The number of carbonyl (C=O) groups excluding carboxylic acids is 3. The van der Waals surface area contributed by atoms with Gasteiger partial charge in [0.1, 0.15) is 0 Å². The fraction of sp³-hybridized carbons (Fsp3) is 0.385. The highest BCUT2D eigenvalue weighted by atomic mass is 16.3. The second-order valence-corrected chi connectivity index (χ2v) is 8.30. The number of hydrogen-bond donors (Lipinski definition) is 1. The van der Waals surface area contributed by atoms with Crippen molar-refractivity contribution >= 4 is 24.7 Å². The van der Waals surface area contributed by atoms with Gasteiger partial charge < -0.3 is 10.0 Å². The van der Waals surface area contributed by atoms with E-state index in [-0.39, 0.29) is 30.9 Å². The van der Waals surface area contributed by atoms with Crippen LogP contribution in [0.2, 0.25) is 0 Å². The van der Waals surface area contributed by atoms with Crippen LogP contribution in [0.1, 0.15) is 76.4 Å². The summed E-state index contributed by atoms with van der Waals surface area (Å²) in [7, 11) is 0. The lowest BCUT2D eigenvalue weighted by atomic mass is 9.92. The molecule has 1 fully saturated rings. The standard InChI is InChI=1S/C19H16N2O3.C6H12.CH2O2/c22-12-20-10-9-13-5-1-2-6-14(13)17(20)11-21-18(23)15-7-3-4-8-16(15)19(21)24;1-2-4-6-5-3-1;2-1-3/h1-8,12,17H,9-11H2;1-6H2;1H,(H,2,3). The number of carbonyl (C=O) groups is 4. The number of hydrogen-bond acceptors (Lipinski definition) is 4. The summed E-state index contributed by atoms with van der Waals surface area (Å²) < 4.78 is 0. The van der Waals surface area contributed by atoms with Crippen molar-refractivity contribution in [3.05, 3.63) is 70.8 Å². The van der Waals surface area contributed by atoms with E-state index in [4.69, 9.17) is 9.90 Å². The maximum atomic E-state index is 12.6. The molecular formula is C26H30N2O5. The van der Waals surface area contributed by atoms with Crippen molar-refractivity contribution in [1.29, 1.82) is 0 Å². The van der Waals surface area contributed by atoms with Gasteiger partial charge in [-0.1, -0.05) is 74.9 Å². The summed E-state index contributed by atoms with van der Waals surface area (Å²) in [6.07, 6.45) is 10.6. The molecule has 1 saturated carbocycles. The molecule has 174 valence electrons. The van der Waals surface area contributed by atoms with Gasteiger partial charge in [0.2, 0.25) is 6.41 Å². The molecule has 1 aliphatic carbocycles. The van der Waals surface area contributed by atoms with Gasteiger partial charge in [0.15, 0.2) is 0 Å². The predicted molar refractivity (Wildman–Crippen MR) is 124 cm³/mol. The summed E-state index contributed by atoms with van der Waals surface area (Å²) in [4.78, 5) is 47.9. The number of carboxylic acid groups (broad SMARTS) is 1. The van der Waals surface area contributed by atoms with Gasteiger partial charge in [0.25, 0.3) is 18.3 Å². The van der Waals surface area contributed by atoms with Gasteiger partial charge in [0.05, 0.1) is 23.7 Å². The van der Waals surface area contributed by atoms with Crippen LogP contribution < -0.4 is 0 Å². The van der Waals surface area contributed by atoms with E-state index in [1.165, 1.54) is 43.4 Å². The maximum absolute atomic E-state index is 12.6. The van der Waals surface area contributed by atoms with Gasteiger partial charge in [-0.15, -0.1) is 0 Å². The van der Waals surface area contributed by atoms with Crippen LogP contribution in [0.3, 0.4) is 0 Å². The molecule has 0 radical (unpaired) electrons. The molecule has 0 bridgehead atoms. The fourth-order valence-corrected chi connectivity index (χ4v) is 4.64. The van der Waals surface area contributed by atoms with Crippen molar-refractivity contribution in [1.82, 2.24) is 9.80 Å². The molecule has 7 heteroatoms. The highest BCUT2D eigenvalue weighted by Crippen LogP contribution is 2.32. The average molecular weight is 451 g/mol. The Balaban J connectivity index is 0.000000288. The molecule has 3 amide bonds. The molecule has 2 aromatic carbocycles. The Bertz CT molecular complexity index is 940. The predicted octanol–water partition coefficient (Wildman–Crippen LogP) is 4.08. The lowest BCUT2D eigenvalue weighted by Crippen LogP contribution is -2.43. The Morgan fingerprint density at radius 3 is 1.82 bits per heavy atom. The first-order valence-corrected chi connectivity index (χ1v) is 11.4. The summed E-state index contributed by atoms with van der Waals surface area (Å²) in [6, 6.07) is 14.4. The molecule has 2 aliphatic heterocycles. The van der Waals surface area contributed by atoms with E-state index in [0.29, 0.717) is 17.7 Å². The van der Waals surface area contributed by atoms with Gasteiger partial charge in [-0.2, -0.15) is 0 Å². The summed E-state index contributed by atoms with van der Waals surface area (Å²) in [5, 5.41) is 6.89. The van der Waals surface area contributed by atoms with Crippen molar-refractivity contribution in [3.63, 3.8) is 0 Å². The van der Waals surface area contributed by atoms with Crippen molar-refractivity contribution in [2.24, 2.45) is 0 Å². The molecule has 1 atom stereocenters. The zero-order valence-electron chi connectivity index (χ0n) is 18.7. The minimum absolute atomic E-state index is 0.183. The molecule has 1 N–H and O–H groups in total. The third-order valence-corrected chi connectivity index (χ3v) is 6.32. The first-order chi connectivity index (χ1) is 16.1. The van der Waals surface area contributed by atoms with Gasteiger partial charge in [-0.25, -0.2) is 0 Å². The minimum Gasteiger partial charge on any atom is -0.483 e. The van der Waals surface area contributed by atoms with Crippen LogP contribution >= 0.6 is 0 Å². The number of amides is 3. The van der Waals surface area contributed by atoms with Crippen molar-refractivity contribution in [3.8, 4) is 0 Å². The summed E-state index contributed by atoms with van der Waals surface area (Å²) in [6.45, 7) is 0.524.